The number of hydrogen-bond donors (Lipinski definition) is 0. The number of rotatable bonds is 6. The molecule has 2 aliphatic rings. The molecule has 1 aliphatic heterocycles. The van der Waals surface area contributed by atoms with Gasteiger partial charge in [-0.15, -0.1) is 15.3 Å². The SMILES string of the molecule is C[C@H](Oc1nc(N2CCC(F)(F)C2)c2nn(Cc3nnnn3C3CC3)nc2n1)C(F)(F)F. The number of halogens is 5. The van der Waals surface area contributed by atoms with Gasteiger partial charge in [-0.25, -0.2) is 13.5 Å². The summed E-state index contributed by atoms with van der Waals surface area (Å²) in [5.41, 5.74) is -0.0137. The second-order valence-corrected chi connectivity index (χ2v) is 7.83. The monoisotopic (exact) mass is 460 g/mol. The van der Waals surface area contributed by atoms with Crippen LogP contribution in [0.3, 0.4) is 0 Å². The molecule has 1 atom stereocenters. The van der Waals surface area contributed by atoms with E-state index in [1.165, 1.54) is 9.70 Å². The van der Waals surface area contributed by atoms with Crippen LogP contribution < -0.4 is 9.64 Å². The first-order valence-corrected chi connectivity index (χ1v) is 9.85. The molecule has 0 N–H and O–H groups in total. The summed E-state index contributed by atoms with van der Waals surface area (Å²) in [5.74, 6) is -2.54. The Morgan fingerprint density at radius 2 is 1.97 bits per heavy atom. The molecule has 0 unspecified atom stereocenters. The first kappa shape index (κ1) is 20.7. The number of hydrogen-bond acceptors (Lipinski definition) is 9. The molecule has 5 rings (SSSR count). The number of tetrazole rings is 1. The Labute approximate surface area is 176 Å². The Morgan fingerprint density at radius 1 is 1.19 bits per heavy atom. The molecule has 0 amide bonds. The molecule has 0 bridgehead atoms. The van der Waals surface area contributed by atoms with Gasteiger partial charge in [-0.05, 0) is 30.2 Å². The standard InChI is InChI=1S/C16H17F5N10O/c1-8(16(19,20)21)32-14-22-12-11(13(23-14)29-5-4-15(17,18)7-29)25-30(26-12)6-10-24-27-28-31(10)9-2-3-9/h8-9H,2-7H2,1H3/t8-/m0/s1. The fourth-order valence-electron chi connectivity index (χ4n) is 3.35. The second kappa shape index (κ2) is 7.16. The van der Waals surface area contributed by atoms with Crippen LogP contribution in [-0.2, 0) is 6.54 Å². The normalized spacial score (nSPS) is 19.6. The van der Waals surface area contributed by atoms with Gasteiger partial charge in [0.1, 0.15) is 6.54 Å². The van der Waals surface area contributed by atoms with Gasteiger partial charge in [0.15, 0.2) is 23.3 Å². The minimum Gasteiger partial charge on any atom is -0.451 e. The highest BCUT2D eigenvalue weighted by molar-refractivity contribution is 5.83. The molecule has 3 aromatic rings. The van der Waals surface area contributed by atoms with Crippen LogP contribution in [0.5, 0.6) is 6.01 Å². The van der Waals surface area contributed by atoms with E-state index in [0.717, 1.165) is 19.8 Å². The average molecular weight is 460 g/mol. The summed E-state index contributed by atoms with van der Waals surface area (Å²) in [6.45, 7) is 0.150. The van der Waals surface area contributed by atoms with Gasteiger partial charge < -0.3 is 9.64 Å². The van der Waals surface area contributed by atoms with Crippen LogP contribution in [0.4, 0.5) is 27.8 Å². The van der Waals surface area contributed by atoms with E-state index < -0.39 is 37.2 Å². The smallest absolute Gasteiger partial charge is 0.425 e. The summed E-state index contributed by atoms with van der Waals surface area (Å²) in [7, 11) is 0. The van der Waals surface area contributed by atoms with Gasteiger partial charge in [0.05, 0.1) is 12.6 Å². The molecule has 0 radical (unpaired) electrons. The molecule has 1 saturated heterocycles. The van der Waals surface area contributed by atoms with Gasteiger partial charge in [0, 0.05) is 13.0 Å². The Hall–Kier alpha value is -3.20. The van der Waals surface area contributed by atoms with Gasteiger partial charge in [-0.3, -0.25) is 0 Å². The zero-order valence-corrected chi connectivity index (χ0v) is 16.7. The summed E-state index contributed by atoms with van der Waals surface area (Å²) in [4.78, 5) is 10.3. The molecule has 2 fully saturated rings. The van der Waals surface area contributed by atoms with Crippen molar-refractivity contribution in [2.75, 3.05) is 18.0 Å². The van der Waals surface area contributed by atoms with Gasteiger partial charge in [-0.2, -0.15) is 27.9 Å². The Morgan fingerprint density at radius 3 is 2.62 bits per heavy atom. The summed E-state index contributed by atoms with van der Waals surface area (Å²) < 4.78 is 72.9. The van der Waals surface area contributed by atoms with Crippen molar-refractivity contribution in [2.24, 2.45) is 0 Å². The number of ether oxygens (including phenoxy) is 1. The van der Waals surface area contributed by atoms with E-state index in [0.29, 0.717) is 5.82 Å². The summed E-state index contributed by atoms with van der Waals surface area (Å²) in [6, 6.07) is -0.418. The third-order valence-electron chi connectivity index (χ3n) is 5.20. The van der Waals surface area contributed by atoms with Crippen molar-refractivity contribution < 1.29 is 26.7 Å². The van der Waals surface area contributed by atoms with Gasteiger partial charge in [-0.1, -0.05) is 0 Å². The highest BCUT2D eigenvalue weighted by atomic mass is 19.4. The molecule has 16 heteroatoms. The van der Waals surface area contributed by atoms with E-state index in [-0.39, 0.29) is 36.1 Å². The molecule has 1 saturated carbocycles. The molecule has 0 spiro atoms. The molecule has 3 aromatic heterocycles. The molecule has 11 nitrogen and oxygen atoms in total. The molecule has 1 aliphatic carbocycles. The van der Waals surface area contributed by atoms with E-state index in [4.69, 9.17) is 4.74 Å². The quantitative estimate of drug-likeness (QED) is 0.508. The number of nitrogens with zero attached hydrogens (tertiary/aromatic N) is 10. The average Bonchev–Trinajstić information content (AvgIpc) is 3.12. The summed E-state index contributed by atoms with van der Waals surface area (Å²) >= 11 is 0. The maximum atomic E-state index is 13.8. The third kappa shape index (κ3) is 4.00. The Bertz CT molecular complexity index is 1140. The summed E-state index contributed by atoms with van der Waals surface area (Å²) in [6.07, 6.45) is -5.38. The predicted molar refractivity (Wildman–Crippen MR) is 96.2 cm³/mol. The topological polar surface area (TPSA) is 113 Å². The molecule has 32 heavy (non-hydrogen) atoms. The van der Waals surface area contributed by atoms with Crippen molar-refractivity contribution in [3.8, 4) is 6.01 Å². The number of aromatic nitrogens is 9. The van der Waals surface area contributed by atoms with Crippen LogP contribution in [0, 0.1) is 0 Å². The van der Waals surface area contributed by atoms with E-state index in [1.54, 1.807) is 4.68 Å². The fourth-order valence-corrected chi connectivity index (χ4v) is 3.35. The van der Waals surface area contributed by atoms with Crippen molar-refractivity contribution in [1.29, 1.82) is 0 Å². The number of fused-ring (bicyclic) bond motifs is 1. The largest absolute Gasteiger partial charge is 0.451 e. The highest BCUT2D eigenvalue weighted by Crippen LogP contribution is 2.35. The van der Waals surface area contributed by atoms with Crippen molar-refractivity contribution in [1.82, 2.24) is 45.2 Å². The lowest BCUT2D eigenvalue weighted by Crippen LogP contribution is -2.32. The van der Waals surface area contributed by atoms with Crippen molar-refractivity contribution >= 4 is 17.0 Å². The zero-order chi connectivity index (χ0) is 22.7. The van der Waals surface area contributed by atoms with E-state index in [1.807, 2.05) is 0 Å². The summed E-state index contributed by atoms with van der Waals surface area (Å²) in [5, 5.41) is 20.0. The lowest BCUT2D eigenvalue weighted by Gasteiger charge is -2.19. The Kier molecular flexibility index (Phi) is 4.63. The van der Waals surface area contributed by atoms with Crippen LogP contribution in [0.1, 0.15) is 38.1 Å². The van der Waals surface area contributed by atoms with Gasteiger partial charge >= 0.3 is 12.2 Å². The van der Waals surface area contributed by atoms with Gasteiger partial charge in [0.2, 0.25) is 5.65 Å². The van der Waals surface area contributed by atoms with Crippen LogP contribution in [0.2, 0.25) is 0 Å². The van der Waals surface area contributed by atoms with Crippen LogP contribution >= 0.6 is 0 Å². The fraction of sp³-hybridized carbons (Fsp3) is 0.688. The zero-order valence-electron chi connectivity index (χ0n) is 16.7. The van der Waals surface area contributed by atoms with Crippen LogP contribution in [0.15, 0.2) is 0 Å². The predicted octanol–water partition coefficient (Wildman–Crippen LogP) is 1.77. The van der Waals surface area contributed by atoms with Crippen molar-refractivity contribution in [2.45, 2.75) is 57.0 Å². The first-order chi connectivity index (χ1) is 15.1. The van der Waals surface area contributed by atoms with E-state index in [2.05, 4.69) is 35.7 Å². The molecular formula is C16H17F5N10O. The number of alkyl halides is 5. The number of anilines is 1. The molecule has 4 heterocycles. The van der Waals surface area contributed by atoms with Crippen LogP contribution in [0.25, 0.3) is 11.2 Å². The van der Waals surface area contributed by atoms with Gasteiger partial charge in [0.25, 0.3) is 5.92 Å². The second-order valence-electron chi connectivity index (χ2n) is 7.83. The van der Waals surface area contributed by atoms with E-state index >= 15 is 0 Å². The highest BCUT2D eigenvalue weighted by Gasteiger charge is 2.41. The Balaban J connectivity index is 1.51. The lowest BCUT2D eigenvalue weighted by atomic mass is 10.3. The van der Waals surface area contributed by atoms with E-state index in [9.17, 15) is 22.0 Å². The molecular weight excluding hydrogens is 443 g/mol. The maximum Gasteiger partial charge on any atom is 0.425 e. The molecule has 0 aromatic carbocycles. The van der Waals surface area contributed by atoms with Crippen LogP contribution in [-0.4, -0.2) is 76.5 Å². The first-order valence-electron chi connectivity index (χ1n) is 9.85. The van der Waals surface area contributed by atoms with Crippen molar-refractivity contribution in [3.05, 3.63) is 5.82 Å². The van der Waals surface area contributed by atoms with Crippen molar-refractivity contribution in [3.63, 3.8) is 0 Å². The molecule has 172 valence electrons. The lowest BCUT2D eigenvalue weighted by molar-refractivity contribution is -0.190. The third-order valence-corrected chi connectivity index (χ3v) is 5.20. The minimum absolute atomic E-state index is 0.0554. The minimum atomic E-state index is -4.66. The maximum absolute atomic E-state index is 13.8.